The number of carbonyl (C=O) groups is 1. The summed E-state index contributed by atoms with van der Waals surface area (Å²) in [5.74, 6) is 0.741. The average molecular weight is 402 g/mol. The first kappa shape index (κ1) is 18.2. The zero-order chi connectivity index (χ0) is 20.5. The molecule has 1 aromatic carbocycles. The van der Waals surface area contributed by atoms with Gasteiger partial charge in [-0.25, -0.2) is 14.8 Å². The van der Waals surface area contributed by atoms with E-state index in [0.29, 0.717) is 19.6 Å². The van der Waals surface area contributed by atoms with Crippen LogP contribution in [0, 0.1) is 0 Å². The van der Waals surface area contributed by atoms with Gasteiger partial charge in [0.1, 0.15) is 17.8 Å². The third kappa shape index (κ3) is 3.34. The molecule has 5 rings (SSSR count). The quantitative estimate of drug-likeness (QED) is 0.418. The van der Waals surface area contributed by atoms with E-state index in [4.69, 9.17) is 0 Å². The molecule has 0 spiro atoms. The fourth-order valence-corrected chi connectivity index (χ4v) is 3.73. The summed E-state index contributed by atoms with van der Waals surface area (Å²) in [5.41, 5.74) is 4.89. The van der Waals surface area contributed by atoms with Crippen LogP contribution in [0.5, 0.6) is 0 Å². The van der Waals surface area contributed by atoms with Gasteiger partial charge in [-0.3, -0.25) is 5.10 Å². The smallest absolute Gasteiger partial charge is 0.317 e. The van der Waals surface area contributed by atoms with Gasteiger partial charge in [0.2, 0.25) is 0 Å². The minimum absolute atomic E-state index is 0.0172. The molecular formula is C21H22N8O. The van der Waals surface area contributed by atoms with Gasteiger partial charge < -0.3 is 20.5 Å². The second-order valence-corrected chi connectivity index (χ2v) is 7.23. The largest absolute Gasteiger partial charge is 0.340 e. The number of benzene rings is 1. The van der Waals surface area contributed by atoms with E-state index in [2.05, 4.69) is 47.9 Å². The number of hydrogen-bond donors (Lipinski definition) is 4. The number of aromatic nitrogens is 5. The number of H-pyrrole nitrogens is 2. The first-order chi connectivity index (χ1) is 14.7. The molecule has 30 heavy (non-hydrogen) atoms. The number of amides is 2. The van der Waals surface area contributed by atoms with Gasteiger partial charge in [-0.1, -0.05) is 6.08 Å². The normalized spacial score (nSPS) is 14.2. The van der Waals surface area contributed by atoms with Crippen molar-refractivity contribution >= 4 is 45.0 Å². The van der Waals surface area contributed by atoms with Gasteiger partial charge in [-0.2, -0.15) is 5.10 Å². The second-order valence-electron chi connectivity index (χ2n) is 7.23. The van der Waals surface area contributed by atoms with E-state index < -0.39 is 0 Å². The molecule has 4 heterocycles. The standard InChI is InChI=1S/C21H22N8O/c1-2-22-21(30)29-7-5-13(6-8-29)18-10-16-19(23-12-24-20(16)27-18)26-15-3-4-17-14(9-15)11-25-28-17/h3-5,9-12H,2,6-8H2,1H3,(H,22,30)(H,25,28)(H2,23,24,26,27). The summed E-state index contributed by atoms with van der Waals surface area (Å²) in [4.78, 5) is 26.0. The topological polar surface area (TPSA) is 115 Å². The van der Waals surface area contributed by atoms with Crippen molar-refractivity contribution < 1.29 is 4.79 Å². The van der Waals surface area contributed by atoms with Crippen molar-refractivity contribution in [1.29, 1.82) is 0 Å². The molecule has 0 atom stereocenters. The van der Waals surface area contributed by atoms with Crippen LogP contribution in [0.2, 0.25) is 0 Å². The Labute approximate surface area is 172 Å². The molecule has 0 saturated heterocycles. The summed E-state index contributed by atoms with van der Waals surface area (Å²) in [7, 11) is 0. The van der Waals surface area contributed by atoms with Crippen LogP contribution in [-0.4, -0.2) is 55.7 Å². The molecule has 9 nitrogen and oxygen atoms in total. The molecule has 0 unspecified atom stereocenters. The molecule has 0 fully saturated rings. The Balaban J connectivity index is 1.40. The van der Waals surface area contributed by atoms with Crippen LogP contribution in [0.1, 0.15) is 19.0 Å². The zero-order valence-electron chi connectivity index (χ0n) is 16.6. The summed E-state index contributed by atoms with van der Waals surface area (Å²) in [6, 6.07) is 8.05. The Kier molecular flexibility index (Phi) is 4.55. The van der Waals surface area contributed by atoms with Gasteiger partial charge in [0.25, 0.3) is 0 Å². The molecule has 0 aliphatic carbocycles. The van der Waals surface area contributed by atoms with Crippen molar-refractivity contribution in [2.24, 2.45) is 0 Å². The van der Waals surface area contributed by atoms with Crippen molar-refractivity contribution in [3.8, 4) is 0 Å². The summed E-state index contributed by atoms with van der Waals surface area (Å²) < 4.78 is 0. The van der Waals surface area contributed by atoms with Crippen LogP contribution >= 0.6 is 0 Å². The Hall–Kier alpha value is -3.88. The van der Waals surface area contributed by atoms with Gasteiger partial charge >= 0.3 is 6.03 Å². The number of nitrogens with zero attached hydrogens (tertiary/aromatic N) is 4. The van der Waals surface area contributed by atoms with Crippen molar-refractivity contribution in [2.45, 2.75) is 13.3 Å². The van der Waals surface area contributed by atoms with E-state index in [1.165, 1.54) is 5.57 Å². The van der Waals surface area contributed by atoms with Crippen molar-refractivity contribution in [2.75, 3.05) is 25.0 Å². The molecule has 1 aliphatic rings. The Morgan fingerprint density at radius 2 is 2.20 bits per heavy atom. The number of carbonyl (C=O) groups excluding carboxylic acids is 1. The van der Waals surface area contributed by atoms with Crippen molar-refractivity contribution in [3.63, 3.8) is 0 Å². The van der Waals surface area contributed by atoms with Gasteiger partial charge in [-0.15, -0.1) is 0 Å². The highest BCUT2D eigenvalue weighted by molar-refractivity contribution is 5.93. The molecule has 1 aliphatic heterocycles. The molecular weight excluding hydrogens is 380 g/mol. The number of nitrogens with one attached hydrogen (secondary N) is 4. The van der Waals surface area contributed by atoms with E-state index in [1.54, 1.807) is 12.5 Å². The fourth-order valence-electron chi connectivity index (χ4n) is 3.73. The lowest BCUT2D eigenvalue weighted by atomic mass is 10.1. The van der Waals surface area contributed by atoms with Crippen LogP contribution in [0.25, 0.3) is 27.5 Å². The van der Waals surface area contributed by atoms with Crippen LogP contribution in [0.15, 0.2) is 42.9 Å². The maximum absolute atomic E-state index is 12.0. The summed E-state index contributed by atoms with van der Waals surface area (Å²) in [6.07, 6.45) is 6.23. The maximum atomic E-state index is 12.0. The first-order valence-corrected chi connectivity index (χ1v) is 9.97. The molecule has 4 aromatic rings. The highest BCUT2D eigenvalue weighted by atomic mass is 16.2. The predicted molar refractivity (Wildman–Crippen MR) is 117 cm³/mol. The van der Waals surface area contributed by atoms with Gasteiger partial charge in [0.05, 0.1) is 17.1 Å². The summed E-state index contributed by atoms with van der Waals surface area (Å²) >= 11 is 0. The first-order valence-electron chi connectivity index (χ1n) is 9.97. The van der Waals surface area contributed by atoms with Gasteiger partial charge in [-0.05, 0) is 43.2 Å². The third-order valence-electron chi connectivity index (χ3n) is 5.30. The molecule has 0 saturated carbocycles. The lowest BCUT2D eigenvalue weighted by Gasteiger charge is -2.26. The molecule has 0 bridgehead atoms. The molecule has 152 valence electrons. The SMILES string of the molecule is CCNC(=O)N1CC=C(c2cc3c(Nc4ccc5[nH]ncc5c4)ncnc3[nH]2)CC1. The lowest BCUT2D eigenvalue weighted by Crippen LogP contribution is -2.41. The van der Waals surface area contributed by atoms with Crippen molar-refractivity contribution in [3.05, 3.63) is 48.6 Å². The Morgan fingerprint density at radius 3 is 3.03 bits per heavy atom. The number of hydrogen-bond acceptors (Lipinski definition) is 5. The molecule has 0 radical (unpaired) electrons. The van der Waals surface area contributed by atoms with E-state index in [0.717, 1.165) is 45.6 Å². The number of fused-ring (bicyclic) bond motifs is 2. The fraction of sp³-hybridized carbons (Fsp3) is 0.238. The van der Waals surface area contributed by atoms with E-state index >= 15 is 0 Å². The highest BCUT2D eigenvalue weighted by Crippen LogP contribution is 2.29. The number of urea groups is 1. The van der Waals surface area contributed by atoms with E-state index in [-0.39, 0.29) is 6.03 Å². The van der Waals surface area contributed by atoms with Crippen LogP contribution < -0.4 is 10.6 Å². The van der Waals surface area contributed by atoms with Crippen LogP contribution in [0.4, 0.5) is 16.3 Å². The van der Waals surface area contributed by atoms with Gasteiger partial charge in [0, 0.05) is 36.4 Å². The number of rotatable bonds is 4. The molecule has 2 amide bonds. The predicted octanol–water partition coefficient (Wildman–Crippen LogP) is 3.40. The Bertz CT molecular complexity index is 1250. The molecule has 3 aromatic heterocycles. The number of anilines is 2. The summed E-state index contributed by atoms with van der Waals surface area (Å²) in [6.45, 7) is 3.84. The monoisotopic (exact) mass is 402 g/mol. The van der Waals surface area contributed by atoms with Gasteiger partial charge in [0.15, 0.2) is 0 Å². The lowest BCUT2D eigenvalue weighted by molar-refractivity contribution is 0.203. The maximum Gasteiger partial charge on any atom is 0.317 e. The van der Waals surface area contributed by atoms with E-state index in [9.17, 15) is 4.79 Å². The third-order valence-corrected chi connectivity index (χ3v) is 5.30. The van der Waals surface area contributed by atoms with Crippen LogP contribution in [0.3, 0.4) is 0 Å². The second kappa shape index (κ2) is 7.51. The molecule has 9 heteroatoms. The highest BCUT2D eigenvalue weighted by Gasteiger charge is 2.19. The van der Waals surface area contributed by atoms with E-state index in [1.807, 2.05) is 30.0 Å². The number of aromatic amines is 2. The average Bonchev–Trinajstić information content (AvgIpc) is 3.41. The molecule has 4 N–H and O–H groups in total. The zero-order valence-corrected chi connectivity index (χ0v) is 16.6. The Morgan fingerprint density at radius 1 is 1.27 bits per heavy atom. The van der Waals surface area contributed by atoms with Crippen molar-refractivity contribution in [1.82, 2.24) is 35.4 Å². The minimum Gasteiger partial charge on any atom is -0.340 e. The summed E-state index contributed by atoms with van der Waals surface area (Å²) in [5, 5.41) is 15.2. The van der Waals surface area contributed by atoms with Crippen LogP contribution in [-0.2, 0) is 0 Å². The minimum atomic E-state index is -0.0172.